The van der Waals surface area contributed by atoms with E-state index in [0.29, 0.717) is 41.8 Å². The topological polar surface area (TPSA) is 68.3 Å². The Balaban J connectivity index is 1.20. The largest absolute Gasteiger partial charge is 0.491 e. The molecule has 0 unspecified atom stereocenters. The van der Waals surface area contributed by atoms with Crippen LogP contribution in [-0.4, -0.2) is 54.6 Å². The molecular formula is C28H27FN2O5S. The van der Waals surface area contributed by atoms with Crippen LogP contribution in [0.2, 0.25) is 0 Å². The molecule has 1 atom stereocenters. The van der Waals surface area contributed by atoms with E-state index in [9.17, 15) is 14.0 Å². The average Bonchev–Trinajstić information content (AvgIpc) is 3.38. The van der Waals surface area contributed by atoms with Gasteiger partial charge in [0.05, 0.1) is 6.04 Å². The Morgan fingerprint density at radius 2 is 1.89 bits per heavy atom. The van der Waals surface area contributed by atoms with Gasteiger partial charge in [0.25, 0.3) is 5.91 Å². The molecule has 2 amide bonds. The zero-order chi connectivity index (χ0) is 25.4. The van der Waals surface area contributed by atoms with E-state index in [-0.39, 0.29) is 43.6 Å². The highest BCUT2D eigenvalue weighted by atomic mass is 32.1. The van der Waals surface area contributed by atoms with Crippen LogP contribution in [0.5, 0.6) is 17.2 Å². The Labute approximate surface area is 218 Å². The van der Waals surface area contributed by atoms with Crippen molar-refractivity contribution < 1.29 is 28.2 Å². The molecule has 0 radical (unpaired) electrons. The summed E-state index contributed by atoms with van der Waals surface area (Å²) >= 11 is 1.68. The van der Waals surface area contributed by atoms with Gasteiger partial charge in [-0.15, -0.1) is 11.3 Å². The van der Waals surface area contributed by atoms with Crippen molar-refractivity contribution in [3.8, 4) is 17.2 Å². The second-order valence-electron chi connectivity index (χ2n) is 9.61. The number of rotatable bonds is 8. The summed E-state index contributed by atoms with van der Waals surface area (Å²) < 4.78 is 30.1. The zero-order valence-corrected chi connectivity index (χ0v) is 21.0. The van der Waals surface area contributed by atoms with Crippen LogP contribution in [0.25, 0.3) is 0 Å². The zero-order valence-electron chi connectivity index (χ0n) is 20.2. The second-order valence-corrected chi connectivity index (χ2v) is 10.6. The number of ether oxygens (including phenoxy) is 3. The van der Waals surface area contributed by atoms with Gasteiger partial charge >= 0.3 is 0 Å². The summed E-state index contributed by atoms with van der Waals surface area (Å²) in [4.78, 5) is 32.0. The van der Waals surface area contributed by atoms with Gasteiger partial charge in [-0.3, -0.25) is 9.59 Å². The Hall–Kier alpha value is -3.59. The van der Waals surface area contributed by atoms with Crippen LogP contribution >= 0.6 is 11.3 Å². The van der Waals surface area contributed by atoms with Gasteiger partial charge in [-0.1, -0.05) is 0 Å². The molecule has 9 heteroatoms. The van der Waals surface area contributed by atoms with Gasteiger partial charge < -0.3 is 24.0 Å². The lowest BCUT2D eigenvalue weighted by Gasteiger charge is -2.37. The molecule has 192 valence electrons. The molecule has 1 saturated carbocycles. The number of carbonyl (C=O) groups excluding carboxylic acids is 2. The third kappa shape index (κ3) is 5.13. The second kappa shape index (κ2) is 10.0. The van der Waals surface area contributed by atoms with Gasteiger partial charge in [0.15, 0.2) is 11.5 Å². The lowest BCUT2D eigenvalue weighted by molar-refractivity contribution is -0.135. The van der Waals surface area contributed by atoms with Crippen LogP contribution in [0.4, 0.5) is 4.39 Å². The highest BCUT2D eigenvalue weighted by molar-refractivity contribution is 7.10. The molecule has 1 aromatic heterocycles. The van der Waals surface area contributed by atoms with Crippen LogP contribution < -0.4 is 14.2 Å². The van der Waals surface area contributed by atoms with Crippen molar-refractivity contribution in [1.82, 2.24) is 9.80 Å². The first-order valence-electron chi connectivity index (χ1n) is 12.5. The van der Waals surface area contributed by atoms with E-state index < -0.39 is 0 Å². The van der Waals surface area contributed by atoms with Gasteiger partial charge in [0.1, 0.15) is 24.7 Å². The SMILES string of the molecule is O=C(c1ccc2c(c1)OCO2)N(CC(=O)N1CCc2sccc2[C@H]1COc1ccc(F)cc1)CC1CC1. The number of fused-ring (bicyclic) bond motifs is 2. The predicted molar refractivity (Wildman–Crippen MR) is 136 cm³/mol. The van der Waals surface area contributed by atoms with Crippen molar-refractivity contribution in [3.05, 3.63) is 75.7 Å². The normalized spacial score (nSPS) is 17.9. The number of benzene rings is 2. The number of carbonyl (C=O) groups is 2. The predicted octanol–water partition coefficient (Wildman–Crippen LogP) is 4.67. The lowest BCUT2D eigenvalue weighted by Crippen LogP contribution is -2.48. The number of halogens is 1. The summed E-state index contributed by atoms with van der Waals surface area (Å²) in [6.07, 6.45) is 2.90. The Bertz CT molecular complexity index is 1310. The maximum absolute atomic E-state index is 13.7. The monoisotopic (exact) mass is 522 g/mol. The minimum atomic E-state index is -0.329. The molecule has 2 aliphatic heterocycles. The summed E-state index contributed by atoms with van der Waals surface area (Å²) in [6, 6.07) is 12.8. The van der Waals surface area contributed by atoms with Crippen molar-refractivity contribution >= 4 is 23.2 Å². The molecular weight excluding hydrogens is 495 g/mol. The van der Waals surface area contributed by atoms with E-state index >= 15 is 0 Å². The van der Waals surface area contributed by atoms with Crippen molar-refractivity contribution in [3.63, 3.8) is 0 Å². The van der Waals surface area contributed by atoms with Crippen LogP contribution in [0.1, 0.15) is 39.7 Å². The fourth-order valence-electron chi connectivity index (χ4n) is 4.88. The molecule has 0 N–H and O–H groups in total. The molecule has 3 aliphatic rings. The van der Waals surface area contributed by atoms with Gasteiger partial charge in [0.2, 0.25) is 12.7 Å². The third-order valence-corrected chi connectivity index (χ3v) is 8.04. The number of hydrogen-bond acceptors (Lipinski definition) is 6. The van der Waals surface area contributed by atoms with Gasteiger partial charge in [0, 0.05) is 23.5 Å². The van der Waals surface area contributed by atoms with Crippen LogP contribution in [0, 0.1) is 11.7 Å². The summed E-state index contributed by atoms with van der Waals surface area (Å²) in [7, 11) is 0. The van der Waals surface area contributed by atoms with E-state index in [0.717, 1.165) is 24.8 Å². The smallest absolute Gasteiger partial charge is 0.254 e. The first-order valence-corrected chi connectivity index (χ1v) is 13.4. The summed E-state index contributed by atoms with van der Waals surface area (Å²) in [5.41, 5.74) is 1.55. The maximum Gasteiger partial charge on any atom is 0.254 e. The molecule has 1 fully saturated rings. The van der Waals surface area contributed by atoms with Gasteiger partial charge in [-0.25, -0.2) is 4.39 Å². The first kappa shape index (κ1) is 23.8. The van der Waals surface area contributed by atoms with E-state index in [1.54, 1.807) is 46.6 Å². The minimum Gasteiger partial charge on any atom is -0.491 e. The molecule has 0 spiro atoms. The standard InChI is InChI=1S/C28H27FN2O5S/c29-20-4-6-21(7-5-20)34-16-23-22-10-12-37-26(22)9-11-31(23)27(32)15-30(14-18-1-2-18)28(33)19-3-8-24-25(13-19)36-17-35-24/h3-8,10,12-13,18,23H,1-2,9,11,14-17H2/t23-/m1/s1. The molecule has 0 saturated heterocycles. The number of thiophene rings is 1. The fourth-order valence-corrected chi connectivity index (χ4v) is 5.81. The molecule has 2 aromatic carbocycles. The molecule has 0 bridgehead atoms. The molecule has 3 aromatic rings. The number of nitrogens with zero attached hydrogens (tertiary/aromatic N) is 2. The van der Waals surface area contributed by atoms with Crippen LogP contribution in [-0.2, 0) is 11.2 Å². The quantitative estimate of drug-likeness (QED) is 0.430. The van der Waals surface area contributed by atoms with E-state index in [2.05, 4.69) is 0 Å². The first-order chi connectivity index (χ1) is 18.0. The van der Waals surface area contributed by atoms with Crippen molar-refractivity contribution in [1.29, 1.82) is 0 Å². The Kier molecular flexibility index (Phi) is 6.46. The number of hydrogen-bond donors (Lipinski definition) is 0. The van der Waals surface area contributed by atoms with Crippen LogP contribution in [0.3, 0.4) is 0 Å². The minimum absolute atomic E-state index is 0.00368. The molecule has 3 heterocycles. The molecule has 6 rings (SSSR count). The van der Waals surface area contributed by atoms with Crippen molar-refractivity contribution in [2.45, 2.75) is 25.3 Å². The third-order valence-electron chi connectivity index (χ3n) is 7.05. The molecule has 37 heavy (non-hydrogen) atoms. The van der Waals surface area contributed by atoms with Crippen molar-refractivity contribution in [2.24, 2.45) is 5.92 Å². The summed E-state index contributed by atoms with van der Waals surface area (Å²) in [5.74, 6) is 1.50. The highest BCUT2D eigenvalue weighted by Gasteiger charge is 2.35. The maximum atomic E-state index is 13.7. The molecule has 1 aliphatic carbocycles. The molecule has 7 nitrogen and oxygen atoms in total. The van der Waals surface area contributed by atoms with E-state index in [1.807, 2.05) is 16.3 Å². The van der Waals surface area contributed by atoms with E-state index in [1.165, 1.54) is 17.0 Å². The summed E-state index contributed by atoms with van der Waals surface area (Å²) in [5, 5.41) is 2.03. The highest BCUT2D eigenvalue weighted by Crippen LogP contribution is 2.36. The van der Waals surface area contributed by atoms with Crippen molar-refractivity contribution in [2.75, 3.05) is 33.0 Å². The Morgan fingerprint density at radius 1 is 1.08 bits per heavy atom. The van der Waals surface area contributed by atoms with Crippen LogP contribution in [0.15, 0.2) is 53.9 Å². The lowest BCUT2D eigenvalue weighted by atomic mass is 10.00. The Morgan fingerprint density at radius 3 is 2.70 bits per heavy atom. The fraction of sp³-hybridized carbons (Fsp3) is 0.357. The summed E-state index contributed by atoms with van der Waals surface area (Å²) in [6.45, 7) is 1.49. The van der Waals surface area contributed by atoms with Gasteiger partial charge in [-0.05, 0) is 84.7 Å². The van der Waals surface area contributed by atoms with E-state index in [4.69, 9.17) is 14.2 Å². The number of amides is 2. The average molecular weight is 523 g/mol. The van der Waals surface area contributed by atoms with Gasteiger partial charge in [-0.2, -0.15) is 0 Å².